The summed E-state index contributed by atoms with van der Waals surface area (Å²) in [7, 11) is 3.32. The molecule has 0 atom stereocenters. The summed E-state index contributed by atoms with van der Waals surface area (Å²) in [5.74, 6) is 1.52. The van der Waals surface area contributed by atoms with Gasteiger partial charge in [-0.15, -0.1) is 0 Å². The number of aryl methyl sites for hydroxylation is 2. The molecule has 3 heteroatoms. The summed E-state index contributed by atoms with van der Waals surface area (Å²) in [5, 5.41) is 0. The van der Waals surface area contributed by atoms with Crippen LogP contribution in [0.3, 0.4) is 0 Å². The fourth-order valence-electron chi connectivity index (χ4n) is 3.08. The highest BCUT2D eigenvalue weighted by atomic mass is 16.5. The van der Waals surface area contributed by atoms with Gasteiger partial charge in [-0.05, 0) is 66.3 Å². The van der Waals surface area contributed by atoms with E-state index in [-0.39, 0.29) is 0 Å². The minimum Gasteiger partial charge on any atom is -0.493 e. The van der Waals surface area contributed by atoms with Crippen molar-refractivity contribution in [3.05, 3.63) is 58.1 Å². The van der Waals surface area contributed by atoms with Crippen LogP contribution in [0.1, 0.15) is 27.8 Å². The van der Waals surface area contributed by atoms with Crippen LogP contribution >= 0.6 is 0 Å². The Balaban J connectivity index is 1.93. The predicted octanol–water partition coefficient (Wildman–Crippen LogP) is 3.91. The first-order valence-electron chi connectivity index (χ1n) is 7.97. The standard InChI is InChI=1S/C20H23NO2/c1-13-9-16-7-8-21-18(17(16)10-14(13)2)11-15-5-6-19(22-3)20(12-15)23-4/h5-6,9-10,12H,7-8,11H2,1-4H3. The van der Waals surface area contributed by atoms with Crippen molar-refractivity contribution in [2.45, 2.75) is 26.7 Å². The second-order valence-corrected chi connectivity index (χ2v) is 6.04. The first kappa shape index (κ1) is 15.6. The Morgan fingerprint density at radius 3 is 2.43 bits per heavy atom. The van der Waals surface area contributed by atoms with Crippen LogP contribution in [0.4, 0.5) is 0 Å². The van der Waals surface area contributed by atoms with Gasteiger partial charge in [-0.3, -0.25) is 4.99 Å². The van der Waals surface area contributed by atoms with Crippen molar-refractivity contribution in [1.82, 2.24) is 0 Å². The van der Waals surface area contributed by atoms with Gasteiger partial charge in [0, 0.05) is 18.7 Å². The van der Waals surface area contributed by atoms with Crippen LogP contribution in [0, 0.1) is 13.8 Å². The van der Waals surface area contributed by atoms with Gasteiger partial charge in [0.05, 0.1) is 14.2 Å². The first-order chi connectivity index (χ1) is 11.1. The molecule has 0 aliphatic carbocycles. The molecule has 2 aromatic carbocycles. The Hall–Kier alpha value is -2.29. The molecule has 0 radical (unpaired) electrons. The van der Waals surface area contributed by atoms with Gasteiger partial charge in [0.2, 0.25) is 0 Å². The number of methoxy groups -OCH3 is 2. The van der Waals surface area contributed by atoms with E-state index in [1.54, 1.807) is 14.2 Å². The van der Waals surface area contributed by atoms with E-state index in [0.29, 0.717) is 0 Å². The van der Waals surface area contributed by atoms with Crippen molar-refractivity contribution in [2.24, 2.45) is 4.99 Å². The van der Waals surface area contributed by atoms with Gasteiger partial charge >= 0.3 is 0 Å². The number of hydrogen-bond acceptors (Lipinski definition) is 3. The minimum absolute atomic E-state index is 0.758. The SMILES string of the molecule is COc1ccc(CC2=NCCc3cc(C)c(C)cc32)cc1OC. The Morgan fingerprint density at radius 1 is 0.957 bits per heavy atom. The summed E-state index contributed by atoms with van der Waals surface area (Å²) >= 11 is 0. The summed E-state index contributed by atoms with van der Waals surface area (Å²) in [6.07, 6.45) is 1.85. The van der Waals surface area contributed by atoms with Crippen LogP contribution in [0.25, 0.3) is 0 Å². The number of rotatable bonds is 4. The zero-order valence-corrected chi connectivity index (χ0v) is 14.3. The molecular formula is C20H23NO2. The molecule has 0 fully saturated rings. The van der Waals surface area contributed by atoms with Crippen LogP contribution in [0.5, 0.6) is 11.5 Å². The maximum Gasteiger partial charge on any atom is 0.160 e. The third-order valence-corrected chi connectivity index (χ3v) is 4.53. The van der Waals surface area contributed by atoms with Gasteiger partial charge in [-0.1, -0.05) is 12.1 Å². The monoisotopic (exact) mass is 309 g/mol. The Labute approximate surface area is 138 Å². The summed E-state index contributed by atoms with van der Waals surface area (Å²) < 4.78 is 10.7. The fraction of sp³-hybridized carbons (Fsp3) is 0.350. The number of nitrogens with zero attached hydrogens (tertiary/aromatic N) is 1. The fourth-order valence-corrected chi connectivity index (χ4v) is 3.08. The summed E-state index contributed by atoms with van der Waals surface area (Å²) in [6, 6.07) is 10.7. The summed E-state index contributed by atoms with van der Waals surface area (Å²) in [5.41, 5.74) is 7.75. The van der Waals surface area contributed by atoms with Crippen LogP contribution in [0.2, 0.25) is 0 Å². The Kier molecular flexibility index (Phi) is 4.37. The lowest BCUT2D eigenvalue weighted by Gasteiger charge is -2.19. The van der Waals surface area contributed by atoms with E-state index in [1.165, 1.54) is 33.5 Å². The van der Waals surface area contributed by atoms with Crippen molar-refractivity contribution < 1.29 is 9.47 Å². The van der Waals surface area contributed by atoms with Crippen molar-refractivity contribution >= 4 is 5.71 Å². The molecule has 3 rings (SSSR count). The Morgan fingerprint density at radius 2 is 1.70 bits per heavy atom. The molecule has 0 saturated heterocycles. The van der Waals surface area contributed by atoms with E-state index in [2.05, 4.69) is 32.0 Å². The van der Waals surface area contributed by atoms with E-state index < -0.39 is 0 Å². The molecule has 0 aromatic heterocycles. The third-order valence-electron chi connectivity index (χ3n) is 4.53. The molecule has 2 aromatic rings. The molecule has 1 aliphatic rings. The smallest absolute Gasteiger partial charge is 0.160 e. The predicted molar refractivity (Wildman–Crippen MR) is 94.3 cm³/mol. The molecule has 1 heterocycles. The number of benzene rings is 2. The van der Waals surface area contributed by atoms with Crippen molar-refractivity contribution in [3.63, 3.8) is 0 Å². The normalized spacial score (nSPS) is 13.3. The Bertz CT molecular complexity index is 762. The molecule has 23 heavy (non-hydrogen) atoms. The first-order valence-corrected chi connectivity index (χ1v) is 7.97. The van der Waals surface area contributed by atoms with Crippen molar-refractivity contribution in [2.75, 3.05) is 20.8 Å². The van der Waals surface area contributed by atoms with Gasteiger partial charge in [0.15, 0.2) is 11.5 Å². The van der Waals surface area contributed by atoms with Gasteiger partial charge < -0.3 is 9.47 Å². The molecule has 0 N–H and O–H groups in total. The van der Waals surface area contributed by atoms with E-state index >= 15 is 0 Å². The van der Waals surface area contributed by atoms with Gasteiger partial charge in [0.1, 0.15) is 0 Å². The molecule has 0 unspecified atom stereocenters. The highest BCUT2D eigenvalue weighted by molar-refractivity contribution is 6.04. The van der Waals surface area contributed by atoms with Crippen molar-refractivity contribution in [3.8, 4) is 11.5 Å². The average molecular weight is 309 g/mol. The maximum atomic E-state index is 5.41. The molecule has 0 amide bonds. The second-order valence-electron chi connectivity index (χ2n) is 6.04. The van der Waals surface area contributed by atoms with E-state index in [9.17, 15) is 0 Å². The number of aliphatic imine (C=N–C) groups is 1. The largest absolute Gasteiger partial charge is 0.493 e. The maximum absolute atomic E-state index is 5.41. The molecule has 120 valence electrons. The second kappa shape index (κ2) is 6.45. The van der Waals surface area contributed by atoms with Crippen LogP contribution in [0.15, 0.2) is 35.3 Å². The molecule has 0 bridgehead atoms. The number of ether oxygens (including phenoxy) is 2. The highest BCUT2D eigenvalue weighted by Crippen LogP contribution is 2.29. The van der Waals surface area contributed by atoms with E-state index in [4.69, 9.17) is 14.5 Å². The van der Waals surface area contributed by atoms with Crippen molar-refractivity contribution in [1.29, 1.82) is 0 Å². The lowest BCUT2D eigenvalue weighted by atomic mass is 9.90. The minimum atomic E-state index is 0.758. The van der Waals surface area contributed by atoms with Gasteiger partial charge in [-0.2, -0.15) is 0 Å². The highest BCUT2D eigenvalue weighted by Gasteiger charge is 2.16. The lowest BCUT2D eigenvalue weighted by molar-refractivity contribution is 0.354. The van der Waals surface area contributed by atoms with Crippen LogP contribution in [-0.4, -0.2) is 26.5 Å². The van der Waals surface area contributed by atoms with Crippen LogP contribution < -0.4 is 9.47 Å². The summed E-state index contributed by atoms with van der Waals surface area (Å²) in [4.78, 5) is 4.78. The van der Waals surface area contributed by atoms with Crippen LogP contribution in [-0.2, 0) is 12.8 Å². The topological polar surface area (TPSA) is 30.8 Å². The molecule has 0 spiro atoms. The van der Waals surface area contributed by atoms with E-state index in [0.717, 1.165) is 30.9 Å². The zero-order chi connectivity index (χ0) is 16.4. The van der Waals surface area contributed by atoms with Gasteiger partial charge in [-0.25, -0.2) is 0 Å². The van der Waals surface area contributed by atoms with E-state index in [1.807, 2.05) is 12.1 Å². The number of fused-ring (bicyclic) bond motifs is 1. The molecule has 1 aliphatic heterocycles. The summed E-state index contributed by atoms with van der Waals surface area (Å²) in [6.45, 7) is 5.21. The third kappa shape index (κ3) is 3.09. The van der Waals surface area contributed by atoms with Gasteiger partial charge in [0.25, 0.3) is 0 Å². The molecular weight excluding hydrogens is 286 g/mol. The zero-order valence-electron chi connectivity index (χ0n) is 14.3. The lowest BCUT2D eigenvalue weighted by Crippen LogP contribution is -2.16. The average Bonchev–Trinajstić information content (AvgIpc) is 2.56. The number of hydrogen-bond donors (Lipinski definition) is 0. The molecule has 0 saturated carbocycles. The quantitative estimate of drug-likeness (QED) is 0.857. The molecule has 3 nitrogen and oxygen atoms in total.